The maximum absolute atomic E-state index is 12.4. The van der Waals surface area contributed by atoms with Gasteiger partial charge in [-0.05, 0) is 48.6 Å². The van der Waals surface area contributed by atoms with E-state index in [4.69, 9.17) is 60.6 Å². The molecular formula is C26H26Cl4O5. The van der Waals surface area contributed by atoms with Gasteiger partial charge in [-0.3, -0.25) is 9.59 Å². The van der Waals surface area contributed by atoms with Gasteiger partial charge in [0.2, 0.25) is 5.60 Å². The lowest BCUT2D eigenvalue weighted by Gasteiger charge is -2.38. The van der Waals surface area contributed by atoms with Crippen LogP contribution in [0.4, 0.5) is 0 Å². The minimum absolute atomic E-state index is 0.128. The molecule has 0 aliphatic heterocycles. The van der Waals surface area contributed by atoms with Crippen LogP contribution in [0.1, 0.15) is 42.9 Å². The Kier molecular flexibility index (Phi) is 8.69. The van der Waals surface area contributed by atoms with Gasteiger partial charge in [-0.1, -0.05) is 60.3 Å². The van der Waals surface area contributed by atoms with Gasteiger partial charge >= 0.3 is 0 Å². The van der Waals surface area contributed by atoms with E-state index in [0.29, 0.717) is 44.1 Å². The lowest BCUT2D eigenvalue weighted by atomic mass is 9.79. The summed E-state index contributed by atoms with van der Waals surface area (Å²) >= 11 is 25.8. The molecule has 0 radical (unpaired) electrons. The maximum atomic E-state index is 12.4. The molecule has 0 saturated heterocycles. The molecule has 0 bridgehead atoms. The van der Waals surface area contributed by atoms with Gasteiger partial charge < -0.3 is 14.2 Å². The smallest absolute Gasteiger partial charge is 0.223 e. The van der Waals surface area contributed by atoms with Crippen LogP contribution in [0.25, 0.3) is 0 Å². The second-order valence-corrected chi connectivity index (χ2v) is 10.3. The molecule has 1 aliphatic carbocycles. The number of ketones is 1. The first-order chi connectivity index (χ1) is 16.5. The molecule has 2 aromatic rings. The number of carbonyl (C=O) groups excluding carboxylic acids is 2. The van der Waals surface area contributed by atoms with Crippen LogP contribution in [0.15, 0.2) is 30.0 Å². The van der Waals surface area contributed by atoms with Gasteiger partial charge in [0.05, 0.1) is 19.2 Å². The average molecular weight is 560 g/mol. The van der Waals surface area contributed by atoms with Crippen LogP contribution < -0.4 is 9.47 Å². The molecule has 5 nitrogen and oxygen atoms in total. The number of aldehydes is 1. The van der Waals surface area contributed by atoms with Crippen molar-refractivity contribution in [1.82, 2.24) is 0 Å². The number of ether oxygens (including phenoxy) is 3. The molecule has 1 unspecified atom stereocenters. The highest BCUT2D eigenvalue weighted by Crippen LogP contribution is 2.46. The summed E-state index contributed by atoms with van der Waals surface area (Å²) in [7, 11) is 2.94. The molecule has 188 valence electrons. The number of carbonyl (C=O) groups is 2. The summed E-state index contributed by atoms with van der Waals surface area (Å²) in [5, 5.41) is 1.68. The summed E-state index contributed by atoms with van der Waals surface area (Å²) in [6, 6.07) is 5.11. The van der Waals surface area contributed by atoms with E-state index < -0.39 is 11.5 Å². The van der Waals surface area contributed by atoms with E-state index in [0.717, 1.165) is 11.1 Å². The standard InChI is InChI=1S/C26H26Cl4O5/c1-13(6-19-20(28)8-16(27)9-21(19)29)18-11-22(33-4)15(3)25(24(18)30)35-26(12-31)14(2)7-17(32)10-23(26)34-5/h8-14H,6-7H2,1-5H3/t13?,14-,26+/m1/s1. The van der Waals surface area contributed by atoms with Crippen molar-refractivity contribution in [2.75, 3.05) is 14.2 Å². The van der Waals surface area contributed by atoms with E-state index in [9.17, 15) is 9.59 Å². The Balaban J connectivity index is 2.11. The number of hydrogen-bond donors (Lipinski definition) is 0. The van der Waals surface area contributed by atoms with E-state index in [1.54, 1.807) is 33.1 Å². The number of methoxy groups -OCH3 is 2. The SMILES string of the molecule is COC1=CC(=O)C[C@@H](C)[C@]1(C=O)Oc1c(C)c(OC)cc(C(C)Cc2c(Cl)cc(Cl)cc2Cl)c1Cl. The molecule has 0 amide bonds. The van der Waals surface area contributed by atoms with Gasteiger partial charge in [0.25, 0.3) is 0 Å². The van der Waals surface area contributed by atoms with Crippen LogP contribution in [-0.4, -0.2) is 31.9 Å². The molecule has 0 N–H and O–H groups in total. The first-order valence-corrected chi connectivity index (χ1v) is 12.4. The fraction of sp³-hybridized carbons (Fsp3) is 0.385. The molecule has 0 spiro atoms. The Morgan fingerprint density at radius 2 is 1.74 bits per heavy atom. The minimum atomic E-state index is -1.52. The topological polar surface area (TPSA) is 61.8 Å². The molecule has 3 rings (SSSR count). The highest BCUT2D eigenvalue weighted by molar-refractivity contribution is 6.39. The molecule has 9 heteroatoms. The number of allylic oxidation sites excluding steroid dienone is 1. The molecule has 0 heterocycles. The van der Waals surface area contributed by atoms with Crippen molar-refractivity contribution in [2.24, 2.45) is 5.92 Å². The number of halogens is 4. The average Bonchev–Trinajstić information content (AvgIpc) is 2.80. The molecule has 1 aliphatic rings. The van der Waals surface area contributed by atoms with Crippen molar-refractivity contribution in [3.63, 3.8) is 0 Å². The largest absolute Gasteiger partial charge is 0.496 e. The summed E-state index contributed by atoms with van der Waals surface area (Å²) in [4.78, 5) is 24.6. The summed E-state index contributed by atoms with van der Waals surface area (Å²) in [5.74, 6) is 0.145. The van der Waals surface area contributed by atoms with E-state index in [1.165, 1.54) is 13.2 Å². The highest BCUT2D eigenvalue weighted by atomic mass is 35.5. The van der Waals surface area contributed by atoms with Gasteiger partial charge in [-0.2, -0.15) is 0 Å². The fourth-order valence-corrected chi connectivity index (χ4v) is 5.74. The highest BCUT2D eigenvalue weighted by Gasteiger charge is 2.48. The Morgan fingerprint density at radius 1 is 1.11 bits per heavy atom. The molecule has 0 fully saturated rings. The van der Waals surface area contributed by atoms with Crippen molar-refractivity contribution >= 4 is 58.5 Å². The van der Waals surface area contributed by atoms with Crippen LogP contribution in [0, 0.1) is 12.8 Å². The molecular weight excluding hydrogens is 534 g/mol. The first-order valence-electron chi connectivity index (χ1n) is 10.9. The van der Waals surface area contributed by atoms with Gasteiger partial charge in [0.1, 0.15) is 11.5 Å². The Hall–Kier alpha value is -1.92. The first kappa shape index (κ1) is 27.7. The Labute approximate surface area is 225 Å². The third kappa shape index (κ3) is 5.29. The summed E-state index contributed by atoms with van der Waals surface area (Å²) in [6.07, 6.45) is 2.55. The van der Waals surface area contributed by atoms with Crippen LogP contribution in [0.3, 0.4) is 0 Å². The van der Waals surface area contributed by atoms with Crippen molar-refractivity contribution in [1.29, 1.82) is 0 Å². The quantitative estimate of drug-likeness (QED) is 0.315. The third-order valence-electron chi connectivity index (χ3n) is 6.40. The molecule has 2 aromatic carbocycles. The Morgan fingerprint density at radius 3 is 2.29 bits per heavy atom. The third-order valence-corrected chi connectivity index (χ3v) is 7.68. The zero-order valence-corrected chi connectivity index (χ0v) is 23.0. The van der Waals surface area contributed by atoms with E-state index in [-0.39, 0.29) is 29.6 Å². The summed E-state index contributed by atoms with van der Waals surface area (Å²) < 4.78 is 17.4. The number of rotatable bonds is 8. The van der Waals surface area contributed by atoms with E-state index in [2.05, 4.69) is 0 Å². The zero-order valence-electron chi connectivity index (χ0n) is 20.0. The van der Waals surface area contributed by atoms with Crippen LogP contribution >= 0.6 is 46.4 Å². The maximum Gasteiger partial charge on any atom is 0.223 e. The summed E-state index contributed by atoms with van der Waals surface area (Å²) in [6.45, 7) is 5.52. The van der Waals surface area contributed by atoms with E-state index in [1.807, 2.05) is 13.0 Å². The minimum Gasteiger partial charge on any atom is -0.496 e. The predicted molar refractivity (Wildman–Crippen MR) is 140 cm³/mol. The van der Waals surface area contributed by atoms with E-state index >= 15 is 0 Å². The van der Waals surface area contributed by atoms with Gasteiger partial charge in [-0.25, -0.2) is 0 Å². The molecule has 0 saturated carbocycles. The van der Waals surface area contributed by atoms with Crippen molar-refractivity contribution in [2.45, 2.75) is 45.1 Å². The molecule has 0 aromatic heterocycles. The number of hydrogen-bond acceptors (Lipinski definition) is 5. The molecule has 35 heavy (non-hydrogen) atoms. The second-order valence-electron chi connectivity index (χ2n) is 8.69. The van der Waals surface area contributed by atoms with Gasteiger partial charge in [0, 0.05) is 39.0 Å². The summed E-state index contributed by atoms with van der Waals surface area (Å²) in [5.41, 5.74) is 0.537. The lowest BCUT2D eigenvalue weighted by Crippen LogP contribution is -2.50. The predicted octanol–water partition coefficient (Wildman–Crippen LogP) is 7.42. The van der Waals surface area contributed by atoms with Crippen molar-refractivity contribution < 1.29 is 23.8 Å². The van der Waals surface area contributed by atoms with Crippen molar-refractivity contribution in [3.8, 4) is 11.5 Å². The fourth-order valence-electron chi connectivity index (χ4n) is 4.35. The Bertz CT molecular complexity index is 1170. The lowest BCUT2D eigenvalue weighted by molar-refractivity contribution is -0.130. The van der Waals surface area contributed by atoms with Crippen molar-refractivity contribution in [3.05, 3.63) is 66.8 Å². The monoisotopic (exact) mass is 558 g/mol. The second kappa shape index (κ2) is 11.0. The normalized spacial score (nSPS) is 20.8. The van der Waals surface area contributed by atoms with Gasteiger partial charge in [-0.15, -0.1) is 0 Å². The zero-order chi connectivity index (χ0) is 26.1. The molecule has 3 atom stereocenters. The van der Waals surface area contributed by atoms with Crippen LogP contribution in [0.2, 0.25) is 20.1 Å². The van der Waals surface area contributed by atoms with Crippen LogP contribution in [-0.2, 0) is 20.7 Å². The number of benzene rings is 2. The van der Waals surface area contributed by atoms with Crippen LogP contribution in [0.5, 0.6) is 11.5 Å². The van der Waals surface area contributed by atoms with Gasteiger partial charge in [0.15, 0.2) is 17.8 Å².